The van der Waals surface area contributed by atoms with Crippen molar-refractivity contribution in [1.29, 1.82) is 0 Å². The number of carbonyl (C=O) groups is 1. The average molecular weight is 328 g/mol. The van der Waals surface area contributed by atoms with Crippen molar-refractivity contribution in [3.05, 3.63) is 57.5 Å². The monoisotopic (exact) mass is 326 g/mol. The summed E-state index contributed by atoms with van der Waals surface area (Å²) in [4.78, 5) is 10.8. The number of halogens is 2. The van der Waals surface area contributed by atoms with E-state index in [1.165, 1.54) is 18.2 Å². The van der Waals surface area contributed by atoms with Gasteiger partial charge in [0.15, 0.2) is 0 Å². The summed E-state index contributed by atoms with van der Waals surface area (Å²) in [5.41, 5.74) is 0.125. The molecule has 2 aromatic rings. The van der Waals surface area contributed by atoms with Gasteiger partial charge >= 0.3 is 5.97 Å². The van der Waals surface area contributed by atoms with Crippen molar-refractivity contribution < 1.29 is 14.6 Å². The fourth-order valence-corrected chi connectivity index (χ4v) is 1.95. The second kappa shape index (κ2) is 5.42. The number of rotatable bonds is 3. The molecule has 1 N–H and O–H groups in total. The van der Waals surface area contributed by atoms with Gasteiger partial charge in [-0.15, -0.1) is 0 Å². The minimum absolute atomic E-state index is 0.125. The summed E-state index contributed by atoms with van der Waals surface area (Å²) >= 11 is 9.33. The normalized spacial score (nSPS) is 10.1. The van der Waals surface area contributed by atoms with E-state index in [0.717, 1.165) is 4.47 Å². The van der Waals surface area contributed by atoms with E-state index in [1.807, 2.05) is 18.2 Å². The molecule has 0 heterocycles. The van der Waals surface area contributed by atoms with Crippen LogP contribution in [-0.2, 0) is 0 Å². The molecular formula is C13H8BrClO3. The zero-order chi connectivity index (χ0) is 13.1. The van der Waals surface area contributed by atoms with Crippen molar-refractivity contribution in [3.63, 3.8) is 0 Å². The van der Waals surface area contributed by atoms with Crippen molar-refractivity contribution >= 4 is 33.5 Å². The van der Waals surface area contributed by atoms with E-state index in [2.05, 4.69) is 15.9 Å². The molecule has 0 fully saturated rings. The number of hydrogen-bond donors (Lipinski definition) is 1. The van der Waals surface area contributed by atoms with E-state index >= 15 is 0 Å². The smallest absolute Gasteiger partial charge is 0.335 e. The van der Waals surface area contributed by atoms with E-state index in [-0.39, 0.29) is 10.6 Å². The van der Waals surface area contributed by atoms with Crippen LogP contribution < -0.4 is 4.74 Å². The van der Waals surface area contributed by atoms with Crippen LogP contribution in [0.4, 0.5) is 0 Å². The van der Waals surface area contributed by atoms with Gasteiger partial charge in [0.05, 0.1) is 15.1 Å². The van der Waals surface area contributed by atoms with Crippen LogP contribution in [0, 0.1) is 0 Å². The first-order chi connectivity index (χ1) is 8.58. The Morgan fingerprint density at radius 2 is 1.89 bits per heavy atom. The lowest BCUT2D eigenvalue weighted by Crippen LogP contribution is -1.96. The molecule has 0 aromatic heterocycles. The number of hydrogen-bond acceptors (Lipinski definition) is 2. The average Bonchev–Trinajstić information content (AvgIpc) is 2.34. The Balaban J connectivity index is 2.30. The predicted molar refractivity (Wildman–Crippen MR) is 72.6 cm³/mol. The van der Waals surface area contributed by atoms with Gasteiger partial charge < -0.3 is 9.84 Å². The highest BCUT2D eigenvalue weighted by Gasteiger charge is 2.09. The van der Waals surface area contributed by atoms with E-state index in [4.69, 9.17) is 21.4 Å². The molecule has 5 heteroatoms. The first kappa shape index (κ1) is 12.9. The molecule has 0 amide bonds. The number of carboxylic acid groups (broad SMARTS) is 1. The minimum Gasteiger partial charge on any atom is -0.478 e. The molecule has 0 atom stereocenters. The van der Waals surface area contributed by atoms with Crippen LogP contribution in [0.25, 0.3) is 0 Å². The van der Waals surface area contributed by atoms with E-state index < -0.39 is 5.97 Å². The number of aromatic carboxylic acids is 1. The van der Waals surface area contributed by atoms with Crippen LogP contribution in [0.1, 0.15) is 10.4 Å². The Morgan fingerprint density at radius 3 is 2.50 bits per heavy atom. The Morgan fingerprint density at radius 1 is 1.17 bits per heavy atom. The zero-order valence-electron chi connectivity index (χ0n) is 9.06. The van der Waals surface area contributed by atoms with Gasteiger partial charge in [-0.2, -0.15) is 0 Å². The molecule has 3 nitrogen and oxygen atoms in total. The Bertz CT molecular complexity index is 599. The Kier molecular flexibility index (Phi) is 3.89. The lowest BCUT2D eigenvalue weighted by atomic mass is 10.2. The molecule has 0 spiro atoms. The molecule has 0 aliphatic heterocycles. The highest BCUT2D eigenvalue weighted by atomic mass is 79.9. The first-order valence-corrected chi connectivity index (χ1v) is 6.20. The molecule has 2 aromatic carbocycles. The fraction of sp³-hybridized carbons (Fsp3) is 0. The predicted octanol–water partition coefficient (Wildman–Crippen LogP) is 4.59. The maximum absolute atomic E-state index is 10.8. The lowest BCUT2D eigenvalue weighted by molar-refractivity contribution is 0.0697. The van der Waals surface area contributed by atoms with Crippen LogP contribution in [0.3, 0.4) is 0 Å². The molecule has 2 rings (SSSR count). The maximum Gasteiger partial charge on any atom is 0.335 e. The van der Waals surface area contributed by atoms with Crippen molar-refractivity contribution in [2.24, 2.45) is 0 Å². The maximum atomic E-state index is 10.8. The molecule has 0 aliphatic carbocycles. The highest BCUT2D eigenvalue weighted by Crippen LogP contribution is 2.33. The molecule has 0 saturated carbocycles. The van der Waals surface area contributed by atoms with E-state index in [9.17, 15) is 4.79 Å². The summed E-state index contributed by atoms with van der Waals surface area (Å²) in [5.74, 6) is 0.000355. The fourth-order valence-electron chi connectivity index (χ4n) is 1.36. The summed E-state index contributed by atoms with van der Waals surface area (Å²) in [6.07, 6.45) is 0. The van der Waals surface area contributed by atoms with Gasteiger partial charge in [-0.25, -0.2) is 4.79 Å². The molecule has 0 bridgehead atoms. The molecule has 0 radical (unpaired) electrons. The summed E-state index contributed by atoms with van der Waals surface area (Å²) in [5, 5.41) is 9.08. The van der Waals surface area contributed by atoms with Crippen molar-refractivity contribution in [2.45, 2.75) is 0 Å². The van der Waals surface area contributed by atoms with Crippen molar-refractivity contribution in [2.75, 3.05) is 0 Å². The zero-order valence-corrected chi connectivity index (χ0v) is 11.4. The molecule has 92 valence electrons. The number of ether oxygens (including phenoxy) is 1. The number of para-hydroxylation sites is 1. The van der Waals surface area contributed by atoms with E-state index in [0.29, 0.717) is 11.5 Å². The van der Waals surface area contributed by atoms with Gasteiger partial charge in [-0.05, 0) is 46.3 Å². The van der Waals surface area contributed by atoms with Crippen LogP contribution in [0.5, 0.6) is 11.5 Å². The molecular weight excluding hydrogens is 319 g/mol. The van der Waals surface area contributed by atoms with Gasteiger partial charge in [-0.1, -0.05) is 23.7 Å². The lowest BCUT2D eigenvalue weighted by Gasteiger charge is -2.09. The summed E-state index contributed by atoms with van der Waals surface area (Å²) in [6, 6.07) is 11.7. The molecule has 18 heavy (non-hydrogen) atoms. The van der Waals surface area contributed by atoms with Gasteiger partial charge in [0.2, 0.25) is 0 Å². The summed E-state index contributed by atoms with van der Waals surface area (Å²) in [6.45, 7) is 0. The Labute approximate surface area is 117 Å². The van der Waals surface area contributed by atoms with Crippen molar-refractivity contribution in [1.82, 2.24) is 0 Å². The largest absolute Gasteiger partial charge is 0.478 e. The van der Waals surface area contributed by atoms with Crippen LogP contribution in [0.15, 0.2) is 46.9 Å². The minimum atomic E-state index is -1.02. The third kappa shape index (κ3) is 2.83. The standard InChI is InChI=1S/C13H8BrClO3/c14-9-3-1-2-4-11(9)18-12-6-5-8(13(16)17)7-10(12)15/h1-7H,(H,16,17). The topological polar surface area (TPSA) is 46.5 Å². The van der Waals surface area contributed by atoms with Crippen LogP contribution in [0.2, 0.25) is 5.02 Å². The molecule has 0 unspecified atom stereocenters. The van der Waals surface area contributed by atoms with Gasteiger partial charge in [0.1, 0.15) is 11.5 Å². The van der Waals surface area contributed by atoms with Crippen molar-refractivity contribution in [3.8, 4) is 11.5 Å². The third-order valence-corrected chi connectivity index (χ3v) is 3.19. The summed E-state index contributed by atoms with van der Waals surface area (Å²) in [7, 11) is 0. The van der Waals surface area contributed by atoms with E-state index in [1.54, 1.807) is 6.07 Å². The van der Waals surface area contributed by atoms with Gasteiger partial charge in [-0.3, -0.25) is 0 Å². The van der Waals surface area contributed by atoms with Crippen LogP contribution >= 0.6 is 27.5 Å². The van der Waals surface area contributed by atoms with Gasteiger partial charge in [0.25, 0.3) is 0 Å². The third-order valence-electron chi connectivity index (χ3n) is 2.24. The Hall–Kier alpha value is -1.52. The molecule has 0 saturated heterocycles. The SMILES string of the molecule is O=C(O)c1ccc(Oc2ccccc2Br)c(Cl)c1. The second-order valence-corrected chi connectivity index (χ2v) is 4.74. The second-order valence-electron chi connectivity index (χ2n) is 3.48. The highest BCUT2D eigenvalue weighted by molar-refractivity contribution is 9.10. The van der Waals surface area contributed by atoms with Gasteiger partial charge in [0, 0.05) is 0 Å². The quantitative estimate of drug-likeness (QED) is 0.896. The first-order valence-electron chi connectivity index (χ1n) is 5.03. The number of carboxylic acids is 1. The number of benzene rings is 2. The molecule has 0 aliphatic rings. The van der Waals surface area contributed by atoms with Crippen LogP contribution in [-0.4, -0.2) is 11.1 Å². The summed E-state index contributed by atoms with van der Waals surface area (Å²) < 4.78 is 6.40.